The fraction of sp³-hybridized carbons (Fsp3) is 1.00. The molecule has 0 radical (unpaired) electrons. The molecule has 2 fully saturated rings. The van der Waals surface area contributed by atoms with Crippen molar-refractivity contribution in [3.05, 3.63) is 0 Å². The molecule has 2 aliphatic heterocycles. The second kappa shape index (κ2) is 7.34. The monoisotopic (exact) mass is 239 g/mol. The fourth-order valence-electron chi connectivity index (χ4n) is 3.11. The zero-order valence-electron chi connectivity index (χ0n) is 11.5. The van der Waals surface area contributed by atoms with Crippen LogP contribution in [-0.4, -0.2) is 62.7 Å². The molecule has 2 rings (SSSR count). The quantitative estimate of drug-likeness (QED) is 0.782. The third kappa shape index (κ3) is 4.94. The molecule has 3 nitrogen and oxygen atoms in total. The zero-order chi connectivity index (χ0) is 11.9. The molecule has 0 aliphatic carbocycles. The average molecular weight is 239 g/mol. The zero-order valence-corrected chi connectivity index (χ0v) is 11.5. The van der Waals surface area contributed by atoms with Crippen LogP contribution in [0.5, 0.6) is 0 Å². The van der Waals surface area contributed by atoms with Crippen molar-refractivity contribution in [2.45, 2.75) is 32.1 Å². The normalized spacial score (nSPS) is 27.5. The second-order valence-corrected chi connectivity index (χ2v) is 5.88. The topological polar surface area (TPSA) is 18.5 Å². The van der Waals surface area contributed by atoms with Crippen molar-refractivity contribution in [1.82, 2.24) is 15.1 Å². The molecule has 1 unspecified atom stereocenters. The molecule has 0 aromatic carbocycles. The van der Waals surface area contributed by atoms with Crippen LogP contribution >= 0.6 is 0 Å². The van der Waals surface area contributed by atoms with Crippen molar-refractivity contribution in [3.8, 4) is 0 Å². The second-order valence-electron chi connectivity index (χ2n) is 5.88. The van der Waals surface area contributed by atoms with Crippen LogP contribution in [0, 0.1) is 5.92 Å². The molecule has 1 N–H and O–H groups in total. The van der Waals surface area contributed by atoms with Gasteiger partial charge in [-0.3, -0.25) is 0 Å². The summed E-state index contributed by atoms with van der Waals surface area (Å²) in [5, 5.41) is 3.51. The minimum absolute atomic E-state index is 0.884. The summed E-state index contributed by atoms with van der Waals surface area (Å²) < 4.78 is 0. The molecule has 0 spiro atoms. The van der Waals surface area contributed by atoms with Crippen molar-refractivity contribution in [1.29, 1.82) is 0 Å². The number of nitrogens with one attached hydrogen (secondary N) is 1. The Kier molecular flexibility index (Phi) is 5.75. The summed E-state index contributed by atoms with van der Waals surface area (Å²) in [7, 11) is 2.29. The van der Waals surface area contributed by atoms with Crippen LogP contribution in [-0.2, 0) is 0 Å². The van der Waals surface area contributed by atoms with Gasteiger partial charge in [-0.15, -0.1) is 0 Å². The van der Waals surface area contributed by atoms with Gasteiger partial charge >= 0.3 is 0 Å². The summed E-state index contributed by atoms with van der Waals surface area (Å²) in [6.45, 7) is 8.92. The van der Waals surface area contributed by atoms with Gasteiger partial charge < -0.3 is 15.1 Å². The van der Waals surface area contributed by atoms with Crippen LogP contribution in [0.15, 0.2) is 0 Å². The van der Waals surface area contributed by atoms with E-state index < -0.39 is 0 Å². The van der Waals surface area contributed by atoms with Gasteiger partial charge in [0.15, 0.2) is 0 Å². The fourth-order valence-corrected chi connectivity index (χ4v) is 3.11. The van der Waals surface area contributed by atoms with E-state index in [9.17, 15) is 0 Å². The minimum atomic E-state index is 0.884. The Hall–Kier alpha value is -0.120. The standard InChI is InChI=1S/C14H29N3/c1-16(13-14-6-5-7-15-12-14)10-11-17-8-3-2-4-9-17/h14-15H,2-13H2,1H3. The van der Waals surface area contributed by atoms with Gasteiger partial charge in [0.05, 0.1) is 0 Å². The van der Waals surface area contributed by atoms with Gasteiger partial charge in [-0.2, -0.15) is 0 Å². The minimum Gasteiger partial charge on any atom is -0.316 e. The van der Waals surface area contributed by atoms with Gasteiger partial charge in [0.1, 0.15) is 0 Å². The summed E-state index contributed by atoms with van der Waals surface area (Å²) in [5.74, 6) is 0.884. The maximum Gasteiger partial charge on any atom is 0.0109 e. The molecule has 0 amide bonds. The van der Waals surface area contributed by atoms with Crippen LogP contribution in [0.4, 0.5) is 0 Å². The molecule has 17 heavy (non-hydrogen) atoms. The first-order valence-electron chi connectivity index (χ1n) is 7.46. The molecule has 0 saturated carbocycles. The number of likely N-dealkylation sites (tertiary alicyclic amines) is 1. The van der Waals surface area contributed by atoms with E-state index in [0.29, 0.717) is 0 Å². The highest BCUT2D eigenvalue weighted by Crippen LogP contribution is 2.11. The van der Waals surface area contributed by atoms with Crippen molar-refractivity contribution >= 4 is 0 Å². The van der Waals surface area contributed by atoms with E-state index in [0.717, 1.165) is 5.92 Å². The average Bonchev–Trinajstić information content (AvgIpc) is 2.39. The molecule has 2 heterocycles. The molecule has 1 atom stereocenters. The largest absolute Gasteiger partial charge is 0.316 e. The number of hydrogen-bond acceptors (Lipinski definition) is 3. The van der Waals surface area contributed by atoms with Gasteiger partial charge in [-0.05, 0) is 64.8 Å². The van der Waals surface area contributed by atoms with E-state index in [1.54, 1.807) is 0 Å². The van der Waals surface area contributed by atoms with Crippen molar-refractivity contribution in [3.63, 3.8) is 0 Å². The van der Waals surface area contributed by atoms with Gasteiger partial charge in [0, 0.05) is 19.6 Å². The Balaban J connectivity index is 1.57. The summed E-state index contributed by atoms with van der Waals surface area (Å²) in [6.07, 6.45) is 7.05. The van der Waals surface area contributed by atoms with E-state index >= 15 is 0 Å². The third-order valence-electron chi connectivity index (χ3n) is 4.22. The highest BCUT2D eigenvalue weighted by atomic mass is 15.2. The van der Waals surface area contributed by atoms with Gasteiger partial charge in [-0.25, -0.2) is 0 Å². The first-order chi connectivity index (χ1) is 8.34. The summed E-state index contributed by atoms with van der Waals surface area (Å²) >= 11 is 0. The third-order valence-corrected chi connectivity index (χ3v) is 4.22. The van der Waals surface area contributed by atoms with E-state index in [4.69, 9.17) is 0 Å². The number of rotatable bonds is 5. The van der Waals surface area contributed by atoms with Gasteiger partial charge in [0.25, 0.3) is 0 Å². The molecule has 0 bridgehead atoms. The lowest BCUT2D eigenvalue weighted by Gasteiger charge is -2.31. The maximum atomic E-state index is 3.51. The SMILES string of the molecule is CN(CCN1CCCCC1)CC1CCCNC1. The van der Waals surface area contributed by atoms with Crippen molar-refractivity contribution in [2.75, 3.05) is 52.9 Å². The number of piperidine rings is 2. The molecule has 0 aromatic heterocycles. The van der Waals surface area contributed by atoms with Gasteiger partial charge in [-0.1, -0.05) is 6.42 Å². The van der Waals surface area contributed by atoms with Crippen molar-refractivity contribution < 1.29 is 0 Å². The maximum absolute atomic E-state index is 3.51. The molecule has 2 saturated heterocycles. The van der Waals surface area contributed by atoms with Crippen LogP contribution in [0.25, 0.3) is 0 Å². The Labute approximate surface area is 107 Å². The van der Waals surface area contributed by atoms with Crippen LogP contribution in [0.2, 0.25) is 0 Å². The Morgan fingerprint density at radius 1 is 1.18 bits per heavy atom. The number of likely N-dealkylation sites (N-methyl/N-ethyl adjacent to an activating group) is 1. The molecule has 2 aliphatic rings. The first kappa shape index (κ1) is 13.3. The highest BCUT2D eigenvalue weighted by Gasteiger charge is 2.16. The Morgan fingerprint density at radius 3 is 2.71 bits per heavy atom. The summed E-state index contributed by atoms with van der Waals surface area (Å²) in [6, 6.07) is 0. The lowest BCUT2D eigenvalue weighted by Crippen LogP contribution is -2.40. The Bertz CT molecular complexity index is 196. The van der Waals surface area contributed by atoms with E-state index in [1.165, 1.54) is 77.9 Å². The molecular weight excluding hydrogens is 210 g/mol. The van der Waals surface area contributed by atoms with Crippen LogP contribution in [0.1, 0.15) is 32.1 Å². The van der Waals surface area contributed by atoms with E-state index in [2.05, 4.69) is 22.2 Å². The first-order valence-corrected chi connectivity index (χ1v) is 7.46. The smallest absolute Gasteiger partial charge is 0.0109 e. The molecule has 100 valence electrons. The van der Waals surface area contributed by atoms with Crippen LogP contribution < -0.4 is 5.32 Å². The summed E-state index contributed by atoms with van der Waals surface area (Å²) in [5.41, 5.74) is 0. The Morgan fingerprint density at radius 2 is 2.00 bits per heavy atom. The number of hydrogen-bond donors (Lipinski definition) is 1. The summed E-state index contributed by atoms with van der Waals surface area (Å²) in [4.78, 5) is 5.17. The predicted octanol–water partition coefficient (Wildman–Crippen LogP) is 1.40. The lowest BCUT2D eigenvalue weighted by atomic mass is 9.99. The van der Waals surface area contributed by atoms with Crippen LogP contribution in [0.3, 0.4) is 0 Å². The molecular formula is C14H29N3. The van der Waals surface area contributed by atoms with E-state index in [1.807, 2.05) is 0 Å². The molecule has 0 aromatic rings. The van der Waals surface area contributed by atoms with Gasteiger partial charge in [0.2, 0.25) is 0 Å². The highest BCUT2D eigenvalue weighted by molar-refractivity contribution is 4.73. The predicted molar refractivity (Wildman–Crippen MR) is 73.4 cm³/mol. The van der Waals surface area contributed by atoms with Crippen molar-refractivity contribution in [2.24, 2.45) is 5.92 Å². The number of nitrogens with zero attached hydrogens (tertiary/aromatic N) is 2. The van der Waals surface area contributed by atoms with E-state index in [-0.39, 0.29) is 0 Å². The molecule has 3 heteroatoms. The lowest BCUT2D eigenvalue weighted by molar-refractivity contribution is 0.179.